The average molecular weight is 361 g/mol. The molecule has 3 heterocycles. The molecule has 0 aliphatic carbocycles. The minimum Gasteiger partial charge on any atom is -0.348 e. The van der Waals surface area contributed by atoms with Crippen molar-refractivity contribution < 1.29 is 4.79 Å². The van der Waals surface area contributed by atoms with E-state index in [0.29, 0.717) is 12.1 Å². The van der Waals surface area contributed by atoms with Gasteiger partial charge >= 0.3 is 0 Å². The standard InChI is InChI=1S/C19H19N7O/c1-13(9-26-12-20-11-22-26)23-19(27)16-7-18(14-8-21-25(2)10-14)24-17-6-4-3-5-15(16)17/h3-8,10-13H,9H2,1-2H3,(H,23,27)/t13-/m1/s1. The van der Waals surface area contributed by atoms with Gasteiger partial charge in [-0.3, -0.25) is 14.2 Å². The Morgan fingerprint density at radius 2 is 2.11 bits per heavy atom. The number of rotatable bonds is 5. The van der Waals surface area contributed by atoms with Crippen LogP contribution in [0, 0.1) is 0 Å². The number of amides is 1. The lowest BCUT2D eigenvalue weighted by Crippen LogP contribution is -2.36. The number of carbonyl (C=O) groups is 1. The van der Waals surface area contributed by atoms with E-state index in [-0.39, 0.29) is 11.9 Å². The highest BCUT2D eigenvalue weighted by Crippen LogP contribution is 2.24. The summed E-state index contributed by atoms with van der Waals surface area (Å²) in [4.78, 5) is 21.6. The minimum absolute atomic E-state index is 0.104. The number of pyridine rings is 1. The molecule has 0 radical (unpaired) electrons. The number of nitrogens with zero attached hydrogens (tertiary/aromatic N) is 6. The first-order chi connectivity index (χ1) is 13.1. The van der Waals surface area contributed by atoms with Gasteiger partial charge < -0.3 is 5.32 Å². The number of nitrogens with one attached hydrogen (secondary N) is 1. The molecule has 1 amide bonds. The number of fused-ring (bicyclic) bond motifs is 1. The number of aryl methyl sites for hydroxylation is 1. The molecule has 0 aliphatic heterocycles. The van der Waals surface area contributed by atoms with Crippen LogP contribution in [0.4, 0.5) is 0 Å². The van der Waals surface area contributed by atoms with E-state index in [1.165, 1.54) is 6.33 Å². The van der Waals surface area contributed by atoms with Crippen molar-refractivity contribution in [3.8, 4) is 11.3 Å². The zero-order valence-corrected chi connectivity index (χ0v) is 15.1. The van der Waals surface area contributed by atoms with E-state index in [1.807, 2.05) is 50.5 Å². The van der Waals surface area contributed by atoms with Gasteiger partial charge in [-0.05, 0) is 19.1 Å². The zero-order chi connectivity index (χ0) is 18.8. The van der Waals surface area contributed by atoms with E-state index in [2.05, 4.69) is 25.5 Å². The number of benzene rings is 1. The Morgan fingerprint density at radius 1 is 1.26 bits per heavy atom. The normalized spacial score (nSPS) is 12.2. The van der Waals surface area contributed by atoms with Crippen LogP contribution in [0.2, 0.25) is 0 Å². The number of carbonyl (C=O) groups excluding carboxylic acids is 1. The molecule has 8 nitrogen and oxygen atoms in total. The second kappa shape index (κ2) is 6.99. The highest BCUT2D eigenvalue weighted by Gasteiger charge is 2.16. The predicted octanol–water partition coefficient (Wildman–Crippen LogP) is 2.05. The first-order valence-electron chi connectivity index (χ1n) is 8.62. The van der Waals surface area contributed by atoms with Gasteiger partial charge in [-0.25, -0.2) is 9.97 Å². The Morgan fingerprint density at radius 3 is 2.85 bits per heavy atom. The van der Waals surface area contributed by atoms with Gasteiger partial charge in [0.05, 0.1) is 29.5 Å². The summed E-state index contributed by atoms with van der Waals surface area (Å²) >= 11 is 0. The van der Waals surface area contributed by atoms with E-state index in [0.717, 1.165) is 22.2 Å². The fourth-order valence-electron chi connectivity index (χ4n) is 3.02. The Kier molecular flexibility index (Phi) is 4.37. The van der Waals surface area contributed by atoms with Crippen LogP contribution >= 0.6 is 0 Å². The molecule has 4 rings (SSSR count). The SMILES string of the molecule is C[C@H](Cn1cncn1)NC(=O)c1cc(-c2cnn(C)c2)nc2ccccc12. The number of para-hydroxylation sites is 1. The lowest BCUT2D eigenvalue weighted by atomic mass is 10.0. The van der Waals surface area contributed by atoms with Gasteiger partial charge in [0.25, 0.3) is 5.91 Å². The summed E-state index contributed by atoms with van der Waals surface area (Å²) in [7, 11) is 1.85. The van der Waals surface area contributed by atoms with Gasteiger partial charge in [0.15, 0.2) is 0 Å². The van der Waals surface area contributed by atoms with Crippen molar-refractivity contribution in [1.29, 1.82) is 0 Å². The highest BCUT2D eigenvalue weighted by molar-refractivity contribution is 6.07. The Hall–Kier alpha value is -3.55. The molecule has 0 spiro atoms. The summed E-state index contributed by atoms with van der Waals surface area (Å²) in [6.07, 6.45) is 6.73. The van der Waals surface area contributed by atoms with E-state index >= 15 is 0 Å². The van der Waals surface area contributed by atoms with Gasteiger partial charge in [-0.15, -0.1) is 0 Å². The first-order valence-corrected chi connectivity index (χ1v) is 8.62. The quantitative estimate of drug-likeness (QED) is 0.587. The molecular formula is C19H19N7O. The van der Waals surface area contributed by atoms with Crippen molar-refractivity contribution in [2.24, 2.45) is 7.05 Å². The topological polar surface area (TPSA) is 90.5 Å². The Balaban J connectivity index is 1.67. The molecule has 3 aromatic heterocycles. The zero-order valence-electron chi connectivity index (χ0n) is 15.1. The third-order valence-electron chi connectivity index (χ3n) is 4.27. The predicted molar refractivity (Wildman–Crippen MR) is 101 cm³/mol. The van der Waals surface area contributed by atoms with Crippen LogP contribution in [0.25, 0.3) is 22.2 Å². The molecule has 136 valence electrons. The van der Waals surface area contributed by atoms with Gasteiger partial charge in [-0.1, -0.05) is 18.2 Å². The molecule has 0 fully saturated rings. The van der Waals surface area contributed by atoms with E-state index < -0.39 is 0 Å². The third kappa shape index (κ3) is 3.55. The molecule has 0 saturated carbocycles. The van der Waals surface area contributed by atoms with Gasteiger partial charge in [0, 0.05) is 30.2 Å². The van der Waals surface area contributed by atoms with Crippen molar-refractivity contribution in [3.05, 3.63) is 60.9 Å². The van der Waals surface area contributed by atoms with Gasteiger partial charge in [-0.2, -0.15) is 10.2 Å². The monoisotopic (exact) mass is 361 g/mol. The molecule has 1 N–H and O–H groups in total. The van der Waals surface area contributed by atoms with Crippen molar-refractivity contribution in [2.45, 2.75) is 19.5 Å². The summed E-state index contributed by atoms with van der Waals surface area (Å²) in [5, 5.41) is 12.1. The third-order valence-corrected chi connectivity index (χ3v) is 4.27. The Labute approximate surface area is 155 Å². The maximum Gasteiger partial charge on any atom is 0.252 e. The van der Waals surface area contributed by atoms with Gasteiger partial charge in [0.1, 0.15) is 12.7 Å². The molecule has 0 bridgehead atoms. The molecule has 0 saturated heterocycles. The summed E-state index contributed by atoms with van der Waals surface area (Å²) in [6, 6.07) is 9.35. The molecule has 1 atom stereocenters. The van der Waals surface area contributed by atoms with Crippen molar-refractivity contribution >= 4 is 16.8 Å². The Bertz CT molecular complexity index is 1080. The first kappa shape index (κ1) is 16.9. The van der Waals surface area contributed by atoms with E-state index in [4.69, 9.17) is 0 Å². The lowest BCUT2D eigenvalue weighted by Gasteiger charge is -2.15. The summed E-state index contributed by atoms with van der Waals surface area (Å²) in [5.74, 6) is -0.147. The second-order valence-electron chi connectivity index (χ2n) is 6.47. The van der Waals surface area contributed by atoms with Crippen molar-refractivity contribution in [3.63, 3.8) is 0 Å². The maximum absolute atomic E-state index is 13.0. The van der Waals surface area contributed by atoms with Gasteiger partial charge in [0.2, 0.25) is 0 Å². The summed E-state index contributed by atoms with van der Waals surface area (Å²) in [6.45, 7) is 2.48. The van der Waals surface area contributed by atoms with E-state index in [1.54, 1.807) is 21.9 Å². The lowest BCUT2D eigenvalue weighted by molar-refractivity contribution is 0.0937. The number of hydrogen-bond donors (Lipinski definition) is 1. The number of hydrogen-bond acceptors (Lipinski definition) is 5. The van der Waals surface area contributed by atoms with Crippen molar-refractivity contribution in [2.75, 3.05) is 0 Å². The smallest absolute Gasteiger partial charge is 0.252 e. The minimum atomic E-state index is -0.147. The van der Waals surface area contributed by atoms with Crippen LogP contribution in [0.5, 0.6) is 0 Å². The largest absolute Gasteiger partial charge is 0.348 e. The van der Waals surface area contributed by atoms with Crippen LogP contribution < -0.4 is 5.32 Å². The van der Waals surface area contributed by atoms with E-state index in [9.17, 15) is 4.79 Å². The summed E-state index contributed by atoms with van der Waals surface area (Å²) < 4.78 is 3.41. The number of aromatic nitrogens is 6. The molecule has 1 aromatic carbocycles. The van der Waals surface area contributed by atoms with Crippen LogP contribution in [0.1, 0.15) is 17.3 Å². The van der Waals surface area contributed by atoms with Crippen LogP contribution in [-0.4, -0.2) is 41.5 Å². The van der Waals surface area contributed by atoms with Crippen molar-refractivity contribution in [1.82, 2.24) is 34.8 Å². The molecule has 0 aliphatic rings. The molecule has 0 unspecified atom stereocenters. The fourth-order valence-corrected chi connectivity index (χ4v) is 3.02. The van der Waals surface area contributed by atoms with Crippen LogP contribution in [-0.2, 0) is 13.6 Å². The van der Waals surface area contributed by atoms with Crippen LogP contribution in [0.3, 0.4) is 0 Å². The fraction of sp³-hybridized carbons (Fsp3) is 0.211. The summed E-state index contributed by atoms with van der Waals surface area (Å²) in [5.41, 5.74) is 2.95. The molecular weight excluding hydrogens is 342 g/mol. The maximum atomic E-state index is 13.0. The molecule has 4 aromatic rings. The highest BCUT2D eigenvalue weighted by atomic mass is 16.1. The molecule has 8 heteroatoms. The van der Waals surface area contributed by atoms with Crippen LogP contribution in [0.15, 0.2) is 55.4 Å². The average Bonchev–Trinajstić information content (AvgIpc) is 3.32. The molecule has 27 heavy (non-hydrogen) atoms. The second-order valence-corrected chi connectivity index (χ2v) is 6.47.